The van der Waals surface area contributed by atoms with Crippen molar-refractivity contribution in [3.05, 3.63) is 47.6 Å². The van der Waals surface area contributed by atoms with E-state index in [4.69, 9.17) is 11.6 Å². The van der Waals surface area contributed by atoms with Crippen LogP contribution in [0, 0.1) is 5.82 Å². The van der Waals surface area contributed by atoms with Crippen LogP contribution < -0.4 is 4.87 Å². The van der Waals surface area contributed by atoms with Crippen molar-refractivity contribution in [1.82, 2.24) is 9.55 Å². The summed E-state index contributed by atoms with van der Waals surface area (Å²) in [7, 11) is 0. The van der Waals surface area contributed by atoms with Gasteiger partial charge in [0.15, 0.2) is 0 Å². The lowest BCUT2D eigenvalue weighted by molar-refractivity contribution is 0.628. The first-order chi connectivity index (χ1) is 9.04. The fourth-order valence-electron chi connectivity index (χ4n) is 1.76. The van der Waals surface area contributed by atoms with Gasteiger partial charge < -0.3 is 0 Å². The van der Waals surface area contributed by atoms with Crippen molar-refractivity contribution < 1.29 is 4.39 Å². The average Bonchev–Trinajstić information content (AvgIpc) is 2.84. The molecule has 0 fully saturated rings. The first-order valence-corrected chi connectivity index (χ1v) is 7.99. The van der Waals surface area contributed by atoms with Crippen molar-refractivity contribution >= 4 is 60.4 Å². The summed E-state index contributed by atoms with van der Waals surface area (Å²) in [6.07, 6.45) is 0. The molecule has 0 unspecified atom stereocenters. The van der Waals surface area contributed by atoms with E-state index in [0.717, 1.165) is 16.3 Å². The highest BCUT2D eigenvalue weighted by molar-refractivity contribution is 9.10. The van der Waals surface area contributed by atoms with Crippen molar-refractivity contribution in [2.24, 2.45) is 0 Å². The Kier molecular flexibility index (Phi) is 3.46. The number of thiazole rings is 2. The van der Waals surface area contributed by atoms with Gasteiger partial charge in [-0.15, -0.1) is 11.3 Å². The molecule has 0 saturated carbocycles. The predicted molar refractivity (Wildman–Crippen MR) is 80.0 cm³/mol. The SMILES string of the molecule is O=c1sc2cc(F)cc(Br)c2n1Cc1nc(Cl)cs1. The maximum atomic E-state index is 13.3. The summed E-state index contributed by atoms with van der Waals surface area (Å²) < 4.78 is 16.0. The van der Waals surface area contributed by atoms with E-state index in [1.807, 2.05) is 0 Å². The molecule has 2 aromatic heterocycles. The van der Waals surface area contributed by atoms with Crippen LogP contribution in [0.1, 0.15) is 5.01 Å². The number of benzene rings is 1. The van der Waals surface area contributed by atoms with E-state index in [9.17, 15) is 9.18 Å². The summed E-state index contributed by atoms with van der Waals surface area (Å²) in [5, 5.41) is 2.87. The van der Waals surface area contributed by atoms with Crippen LogP contribution >= 0.6 is 50.2 Å². The van der Waals surface area contributed by atoms with Gasteiger partial charge in [0, 0.05) is 9.85 Å². The smallest absolute Gasteiger partial charge is 0.291 e. The molecule has 0 aliphatic rings. The molecule has 0 N–H and O–H groups in total. The van der Waals surface area contributed by atoms with E-state index in [1.54, 1.807) is 9.95 Å². The average molecular weight is 380 g/mol. The first-order valence-electron chi connectivity index (χ1n) is 5.13. The van der Waals surface area contributed by atoms with Crippen molar-refractivity contribution in [2.45, 2.75) is 6.54 Å². The Labute approximate surface area is 128 Å². The highest BCUT2D eigenvalue weighted by Crippen LogP contribution is 2.28. The summed E-state index contributed by atoms with van der Waals surface area (Å²) in [5.74, 6) is -0.370. The van der Waals surface area contributed by atoms with Crippen molar-refractivity contribution in [2.75, 3.05) is 0 Å². The van der Waals surface area contributed by atoms with E-state index >= 15 is 0 Å². The van der Waals surface area contributed by atoms with Gasteiger partial charge in [-0.3, -0.25) is 9.36 Å². The van der Waals surface area contributed by atoms with E-state index in [-0.39, 0.29) is 10.7 Å². The van der Waals surface area contributed by atoms with Gasteiger partial charge in [-0.25, -0.2) is 9.37 Å². The van der Waals surface area contributed by atoms with Crippen LogP contribution in [0.25, 0.3) is 10.2 Å². The van der Waals surface area contributed by atoms with Crippen molar-refractivity contribution in [3.8, 4) is 0 Å². The molecule has 0 atom stereocenters. The first kappa shape index (κ1) is 13.2. The molecule has 1 aromatic carbocycles. The van der Waals surface area contributed by atoms with Crippen LogP contribution in [0.2, 0.25) is 5.15 Å². The topological polar surface area (TPSA) is 34.9 Å². The number of hydrogen-bond donors (Lipinski definition) is 0. The van der Waals surface area contributed by atoms with Crippen LogP contribution in [0.15, 0.2) is 26.8 Å². The van der Waals surface area contributed by atoms with Crippen LogP contribution in [-0.4, -0.2) is 9.55 Å². The molecule has 0 amide bonds. The Balaban J connectivity index is 2.18. The maximum absolute atomic E-state index is 13.3. The Morgan fingerprint density at radius 1 is 1.47 bits per heavy atom. The van der Waals surface area contributed by atoms with Gasteiger partial charge in [-0.2, -0.15) is 0 Å². The Morgan fingerprint density at radius 2 is 2.26 bits per heavy atom. The minimum Gasteiger partial charge on any atom is -0.291 e. The number of nitrogens with zero attached hydrogens (tertiary/aromatic N) is 2. The monoisotopic (exact) mass is 378 g/mol. The summed E-state index contributed by atoms with van der Waals surface area (Å²) in [4.78, 5) is 16.0. The van der Waals surface area contributed by atoms with Crippen LogP contribution in [0.3, 0.4) is 0 Å². The normalized spacial score (nSPS) is 11.3. The van der Waals surface area contributed by atoms with E-state index in [2.05, 4.69) is 20.9 Å². The second kappa shape index (κ2) is 4.97. The fraction of sp³-hybridized carbons (Fsp3) is 0.0909. The van der Waals surface area contributed by atoms with Crippen molar-refractivity contribution in [3.63, 3.8) is 0 Å². The molecular formula is C11H5BrClFN2OS2. The molecule has 0 aliphatic carbocycles. The highest BCUT2D eigenvalue weighted by atomic mass is 79.9. The molecule has 0 spiro atoms. The number of fused-ring (bicyclic) bond motifs is 1. The standard InChI is InChI=1S/C11H5BrClFN2OS2/c12-6-1-5(14)2-7-10(6)16(11(17)19-7)3-9-15-8(13)4-18-9/h1-2,4H,3H2. The zero-order valence-electron chi connectivity index (χ0n) is 9.19. The molecule has 19 heavy (non-hydrogen) atoms. The second-order valence-electron chi connectivity index (χ2n) is 3.75. The van der Waals surface area contributed by atoms with Gasteiger partial charge >= 0.3 is 4.87 Å². The van der Waals surface area contributed by atoms with E-state index < -0.39 is 0 Å². The summed E-state index contributed by atoms with van der Waals surface area (Å²) in [6.45, 7) is 0.334. The summed E-state index contributed by atoms with van der Waals surface area (Å²) in [5.41, 5.74) is 0.683. The molecule has 3 nitrogen and oxygen atoms in total. The van der Waals surface area contributed by atoms with Crippen LogP contribution in [0.4, 0.5) is 4.39 Å². The number of rotatable bonds is 2. The number of hydrogen-bond acceptors (Lipinski definition) is 4. The minimum absolute atomic E-state index is 0.146. The quantitative estimate of drug-likeness (QED) is 0.671. The zero-order valence-corrected chi connectivity index (χ0v) is 13.2. The van der Waals surface area contributed by atoms with Crippen LogP contribution in [0.5, 0.6) is 0 Å². The number of aromatic nitrogens is 2. The lowest BCUT2D eigenvalue weighted by Crippen LogP contribution is -2.13. The highest BCUT2D eigenvalue weighted by Gasteiger charge is 2.14. The third kappa shape index (κ3) is 2.47. The largest absolute Gasteiger partial charge is 0.308 e. The molecule has 2 heterocycles. The van der Waals surface area contributed by atoms with Gasteiger partial charge in [-0.05, 0) is 28.1 Å². The molecule has 98 valence electrons. The van der Waals surface area contributed by atoms with Gasteiger partial charge in [0.05, 0.1) is 16.8 Å². The minimum atomic E-state index is -0.370. The van der Waals surface area contributed by atoms with Gasteiger partial charge in [-0.1, -0.05) is 22.9 Å². The molecular weight excluding hydrogens is 375 g/mol. The van der Waals surface area contributed by atoms with Crippen molar-refractivity contribution in [1.29, 1.82) is 0 Å². The molecule has 8 heteroatoms. The lowest BCUT2D eigenvalue weighted by Gasteiger charge is -2.02. The Bertz CT molecular complexity index is 826. The zero-order chi connectivity index (χ0) is 13.6. The predicted octanol–water partition coefficient (Wildman–Crippen LogP) is 4.12. The maximum Gasteiger partial charge on any atom is 0.308 e. The van der Waals surface area contributed by atoms with E-state index in [1.165, 1.54) is 23.5 Å². The third-order valence-electron chi connectivity index (χ3n) is 2.50. The molecule has 3 rings (SSSR count). The fourth-order valence-corrected chi connectivity index (χ4v) is 4.41. The summed E-state index contributed by atoms with van der Waals surface area (Å²) >= 11 is 11.5. The molecule has 3 aromatic rings. The third-order valence-corrected chi connectivity index (χ3v) is 5.19. The van der Waals surface area contributed by atoms with Gasteiger partial charge in [0.2, 0.25) is 0 Å². The van der Waals surface area contributed by atoms with Gasteiger partial charge in [0.25, 0.3) is 0 Å². The second-order valence-corrected chi connectivity index (χ2v) is 6.93. The lowest BCUT2D eigenvalue weighted by atomic mass is 10.3. The van der Waals surface area contributed by atoms with Crippen LogP contribution in [-0.2, 0) is 6.54 Å². The molecule has 0 saturated heterocycles. The molecule has 0 aliphatic heterocycles. The van der Waals surface area contributed by atoms with Gasteiger partial charge in [0.1, 0.15) is 16.0 Å². The van der Waals surface area contributed by atoms with E-state index in [0.29, 0.717) is 26.4 Å². The Morgan fingerprint density at radius 3 is 2.95 bits per heavy atom. The summed E-state index contributed by atoms with van der Waals surface area (Å²) in [6, 6.07) is 2.71. The number of halogens is 3. The Hall–Kier alpha value is -0.760. The molecule has 0 bridgehead atoms. The molecule has 0 radical (unpaired) electrons.